The fourth-order valence-electron chi connectivity index (χ4n) is 2.41. The molecule has 1 aliphatic rings. The fourth-order valence-corrected chi connectivity index (χ4v) is 2.96. The molecule has 0 bridgehead atoms. The molecule has 0 saturated heterocycles. The van der Waals surface area contributed by atoms with Gasteiger partial charge in [-0.15, -0.1) is 0 Å². The van der Waals surface area contributed by atoms with E-state index in [0.29, 0.717) is 10.0 Å². The maximum absolute atomic E-state index is 6.20. The first kappa shape index (κ1) is 13.9. The third-order valence-corrected chi connectivity index (χ3v) is 4.15. The van der Waals surface area contributed by atoms with Crippen molar-refractivity contribution >= 4 is 23.2 Å². The van der Waals surface area contributed by atoms with Gasteiger partial charge in [-0.2, -0.15) is 0 Å². The van der Waals surface area contributed by atoms with Gasteiger partial charge in [-0.3, -0.25) is 11.3 Å². The molecule has 0 aromatic heterocycles. The molecule has 1 aliphatic carbocycles. The molecule has 0 aliphatic heterocycles. The lowest BCUT2D eigenvalue weighted by molar-refractivity contribution is 0.542. The van der Waals surface area contributed by atoms with Crippen LogP contribution in [0, 0.1) is 0 Å². The Balaban J connectivity index is 2.17. The zero-order chi connectivity index (χ0) is 13.0. The Morgan fingerprint density at radius 1 is 1.22 bits per heavy atom. The van der Waals surface area contributed by atoms with Crippen LogP contribution in [0.15, 0.2) is 29.8 Å². The van der Waals surface area contributed by atoms with Gasteiger partial charge < -0.3 is 0 Å². The topological polar surface area (TPSA) is 38.0 Å². The summed E-state index contributed by atoms with van der Waals surface area (Å²) in [6, 6.07) is 5.72. The minimum atomic E-state index is 0.127. The Bertz CT molecular complexity index is 423. The van der Waals surface area contributed by atoms with Crippen LogP contribution in [0.1, 0.15) is 31.2 Å². The summed E-state index contributed by atoms with van der Waals surface area (Å²) in [5.41, 5.74) is 5.23. The van der Waals surface area contributed by atoms with Crippen LogP contribution >= 0.6 is 23.2 Å². The highest BCUT2D eigenvalue weighted by molar-refractivity contribution is 6.36. The van der Waals surface area contributed by atoms with E-state index in [0.717, 1.165) is 24.8 Å². The third-order valence-electron chi connectivity index (χ3n) is 3.44. The Kier molecular flexibility index (Phi) is 5.07. The number of nitrogens with two attached hydrogens (primary N) is 1. The molecule has 0 spiro atoms. The molecule has 18 heavy (non-hydrogen) atoms. The van der Waals surface area contributed by atoms with Gasteiger partial charge in [0.25, 0.3) is 0 Å². The van der Waals surface area contributed by atoms with Crippen molar-refractivity contribution in [2.75, 3.05) is 0 Å². The highest BCUT2D eigenvalue weighted by Crippen LogP contribution is 2.28. The molecular weight excluding hydrogens is 267 g/mol. The first-order valence-corrected chi connectivity index (χ1v) is 7.06. The number of halogens is 2. The minimum Gasteiger partial charge on any atom is -0.271 e. The molecule has 2 rings (SSSR count). The van der Waals surface area contributed by atoms with E-state index < -0.39 is 0 Å². The summed E-state index contributed by atoms with van der Waals surface area (Å²) in [6.45, 7) is 0. The summed E-state index contributed by atoms with van der Waals surface area (Å²) in [5.74, 6) is 5.67. The molecular formula is C14H18Cl2N2. The summed E-state index contributed by atoms with van der Waals surface area (Å²) in [7, 11) is 0. The predicted octanol–water partition coefficient (Wildman–Crippen LogP) is 3.87. The van der Waals surface area contributed by atoms with Crippen molar-refractivity contribution in [2.45, 2.75) is 38.1 Å². The fraction of sp³-hybridized carbons (Fsp3) is 0.429. The van der Waals surface area contributed by atoms with Gasteiger partial charge in [-0.1, -0.05) is 40.9 Å². The average molecular weight is 285 g/mol. The summed E-state index contributed by atoms with van der Waals surface area (Å²) < 4.78 is 0. The van der Waals surface area contributed by atoms with Crippen LogP contribution in [-0.4, -0.2) is 6.04 Å². The number of hydrogen-bond donors (Lipinski definition) is 2. The SMILES string of the molecule is NNC(Cc1c(Cl)cccc1Cl)C1=CCCCC1. The van der Waals surface area contributed by atoms with Gasteiger partial charge in [0.1, 0.15) is 0 Å². The van der Waals surface area contributed by atoms with Crippen LogP contribution in [0.4, 0.5) is 0 Å². The molecule has 0 amide bonds. The second-order valence-corrected chi connectivity index (χ2v) is 5.46. The molecule has 98 valence electrons. The molecule has 4 heteroatoms. The van der Waals surface area contributed by atoms with Crippen molar-refractivity contribution in [2.24, 2.45) is 5.84 Å². The second kappa shape index (κ2) is 6.58. The molecule has 3 N–H and O–H groups in total. The van der Waals surface area contributed by atoms with Gasteiger partial charge in [0, 0.05) is 16.1 Å². The second-order valence-electron chi connectivity index (χ2n) is 4.65. The standard InChI is InChI=1S/C14H18Cl2N2/c15-12-7-4-8-13(16)11(12)9-14(18-17)10-5-2-1-3-6-10/h4-5,7-8,14,18H,1-3,6,9,17H2. The van der Waals surface area contributed by atoms with Gasteiger partial charge in [-0.25, -0.2) is 0 Å². The van der Waals surface area contributed by atoms with Crippen molar-refractivity contribution in [1.29, 1.82) is 0 Å². The van der Waals surface area contributed by atoms with Gasteiger partial charge >= 0.3 is 0 Å². The van der Waals surface area contributed by atoms with Crippen LogP contribution < -0.4 is 11.3 Å². The van der Waals surface area contributed by atoms with Crippen molar-refractivity contribution in [3.63, 3.8) is 0 Å². The van der Waals surface area contributed by atoms with E-state index in [2.05, 4.69) is 11.5 Å². The van der Waals surface area contributed by atoms with Gasteiger partial charge in [0.15, 0.2) is 0 Å². The van der Waals surface area contributed by atoms with Crippen LogP contribution in [0.3, 0.4) is 0 Å². The highest BCUT2D eigenvalue weighted by atomic mass is 35.5. The molecule has 1 aromatic rings. The molecule has 0 heterocycles. The maximum Gasteiger partial charge on any atom is 0.0461 e. The first-order valence-electron chi connectivity index (χ1n) is 6.30. The monoisotopic (exact) mass is 284 g/mol. The van der Waals surface area contributed by atoms with Crippen LogP contribution in [0.2, 0.25) is 10.0 Å². The van der Waals surface area contributed by atoms with Gasteiger partial charge in [0.2, 0.25) is 0 Å². The van der Waals surface area contributed by atoms with Crippen LogP contribution in [0.5, 0.6) is 0 Å². The first-order chi connectivity index (χ1) is 8.72. The number of nitrogens with one attached hydrogen (secondary N) is 1. The summed E-state index contributed by atoms with van der Waals surface area (Å²) in [5, 5.41) is 1.42. The Morgan fingerprint density at radius 2 is 1.94 bits per heavy atom. The van der Waals surface area contributed by atoms with E-state index in [1.807, 2.05) is 18.2 Å². The smallest absolute Gasteiger partial charge is 0.0461 e. The number of hydrogen-bond acceptors (Lipinski definition) is 2. The minimum absolute atomic E-state index is 0.127. The predicted molar refractivity (Wildman–Crippen MR) is 77.8 cm³/mol. The molecule has 2 nitrogen and oxygen atoms in total. The Labute approximate surface area is 118 Å². The van der Waals surface area contributed by atoms with Crippen molar-refractivity contribution < 1.29 is 0 Å². The lowest BCUT2D eigenvalue weighted by Crippen LogP contribution is -2.38. The van der Waals surface area contributed by atoms with Crippen LogP contribution in [-0.2, 0) is 6.42 Å². The maximum atomic E-state index is 6.20. The lowest BCUT2D eigenvalue weighted by Gasteiger charge is -2.23. The Morgan fingerprint density at radius 3 is 2.50 bits per heavy atom. The highest BCUT2D eigenvalue weighted by Gasteiger charge is 2.18. The van der Waals surface area contributed by atoms with E-state index in [-0.39, 0.29) is 6.04 Å². The largest absolute Gasteiger partial charge is 0.271 e. The molecule has 1 aromatic carbocycles. The van der Waals surface area contributed by atoms with Gasteiger partial charge in [-0.05, 0) is 49.8 Å². The van der Waals surface area contributed by atoms with E-state index in [4.69, 9.17) is 29.0 Å². The van der Waals surface area contributed by atoms with E-state index in [9.17, 15) is 0 Å². The number of allylic oxidation sites excluding steroid dienone is 1. The zero-order valence-electron chi connectivity index (χ0n) is 10.3. The van der Waals surface area contributed by atoms with Crippen molar-refractivity contribution in [3.8, 4) is 0 Å². The van der Waals surface area contributed by atoms with Crippen LogP contribution in [0.25, 0.3) is 0 Å². The van der Waals surface area contributed by atoms with E-state index >= 15 is 0 Å². The summed E-state index contributed by atoms with van der Waals surface area (Å²) >= 11 is 12.4. The van der Waals surface area contributed by atoms with Crippen molar-refractivity contribution in [1.82, 2.24) is 5.43 Å². The molecule has 0 saturated carbocycles. The Hall–Kier alpha value is -0.540. The molecule has 1 unspecified atom stereocenters. The zero-order valence-corrected chi connectivity index (χ0v) is 11.8. The van der Waals surface area contributed by atoms with Gasteiger partial charge in [0.05, 0.1) is 0 Å². The summed E-state index contributed by atoms with van der Waals surface area (Å²) in [6.07, 6.45) is 7.79. The number of rotatable bonds is 4. The van der Waals surface area contributed by atoms with E-state index in [1.165, 1.54) is 18.4 Å². The normalized spacial score (nSPS) is 17.4. The number of benzene rings is 1. The van der Waals surface area contributed by atoms with E-state index in [1.54, 1.807) is 0 Å². The average Bonchev–Trinajstić information content (AvgIpc) is 2.40. The van der Waals surface area contributed by atoms with Crippen molar-refractivity contribution in [3.05, 3.63) is 45.5 Å². The number of hydrazine groups is 1. The molecule has 0 radical (unpaired) electrons. The lowest BCUT2D eigenvalue weighted by atomic mass is 9.90. The summed E-state index contributed by atoms with van der Waals surface area (Å²) in [4.78, 5) is 0. The molecule has 1 atom stereocenters. The quantitative estimate of drug-likeness (QED) is 0.500. The third kappa shape index (κ3) is 3.27. The molecule has 0 fully saturated rings.